The predicted octanol–water partition coefficient (Wildman–Crippen LogP) is 3.30. The Morgan fingerprint density at radius 3 is 2.91 bits per heavy atom. The van der Waals surface area contributed by atoms with Crippen LogP contribution in [0.2, 0.25) is 0 Å². The van der Waals surface area contributed by atoms with Crippen molar-refractivity contribution in [3.8, 4) is 0 Å². The number of fused-ring (bicyclic) bond motifs is 6. The maximum atomic E-state index is 4.67. The molecular weight excluding hydrogens is 284 g/mol. The Morgan fingerprint density at radius 2 is 2.04 bits per heavy atom. The molecule has 0 spiro atoms. The fraction of sp³-hybridized carbons (Fsp3) is 0.368. The lowest BCUT2D eigenvalue weighted by atomic mass is 9.98. The largest absolute Gasteiger partial charge is 0.289 e. The van der Waals surface area contributed by atoms with Gasteiger partial charge in [-0.15, -0.1) is 0 Å². The summed E-state index contributed by atoms with van der Waals surface area (Å²) in [6.07, 6.45) is 5.68. The average molecular weight is 304 g/mol. The highest BCUT2D eigenvalue weighted by molar-refractivity contribution is 5.44. The standard InChI is InChI=1S/C19H20N4/c1-13-9-19-20-11-16-17-8-7-15(10-18(16)23(19)21-13)22(17)12-14-5-3-2-4-6-14/h2-6,9,11,15,17H,7-8,10,12H2,1H3/t15-,17+/m1/s1. The minimum absolute atomic E-state index is 0.491. The molecule has 4 heterocycles. The molecule has 2 atom stereocenters. The van der Waals surface area contributed by atoms with E-state index in [-0.39, 0.29) is 0 Å². The molecule has 0 unspecified atom stereocenters. The van der Waals surface area contributed by atoms with Crippen LogP contribution in [0.5, 0.6) is 0 Å². The molecule has 0 radical (unpaired) electrons. The highest BCUT2D eigenvalue weighted by Crippen LogP contribution is 2.44. The Kier molecular flexibility index (Phi) is 2.82. The molecule has 5 rings (SSSR count). The Hall–Kier alpha value is -2.20. The second-order valence-electron chi connectivity index (χ2n) is 6.82. The first-order valence-corrected chi connectivity index (χ1v) is 8.43. The summed E-state index contributed by atoms with van der Waals surface area (Å²) in [6.45, 7) is 3.08. The van der Waals surface area contributed by atoms with Gasteiger partial charge in [0.15, 0.2) is 5.65 Å². The summed E-state index contributed by atoms with van der Waals surface area (Å²) in [5.41, 5.74) is 6.18. The van der Waals surface area contributed by atoms with E-state index in [9.17, 15) is 0 Å². The van der Waals surface area contributed by atoms with Gasteiger partial charge in [0.05, 0.1) is 11.4 Å². The zero-order valence-corrected chi connectivity index (χ0v) is 13.3. The van der Waals surface area contributed by atoms with Crippen LogP contribution in [0.15, 0.2) is 42.6 Å². The summed E-state index contributed by atoms with van der Waals surface area (Å²) in [5.74, 6) is 0. The first-order chi connectivity index (χ1) is 11.3. The topological polar surface area (TPSA) is 33.4 Å². The number of hydrogen-bond acceptors (Lipinski definition) is 3. The zero-order valence-electron chi connectivity index (χ0n) is 13.3. The average Bonchev–Trinajstić information content (AvgIpc) is 3.07. The van der Waals surface area contributed by atoms with Gasteiger partial charge in [-0.25, -0.2) is 9.50 Å². The van der Waals surface area contributed by atoms with Crippen LogP contribution in [-0.2, 0) is 13.0 Å². The number of hydrogen-bond donors (Lipinski definition) is 0. The molecule has 3 aromatic rings. The highest BCUT2D eigenvalue weighted by Gasteiger charge is 2.41. The van der Waals surface area contributed by atoms with Gasteiger partial charge in [-0.3, -0.25) is 4.90 Å². The fourth-order valence-electron chi connectivity index (χ4n) is 4.34. The van der Waals surface area contributed by atoms with Crippen molar-refractivity contribution in [2.45, 2.75) is 44.8 Å². The van der Waals surface area contributed by atoms with Crippen molar-refractivity contribution in [1.82, 2.24) is 19.5 Å². The van der Waals surface area contributed by atoms with E-state index in [0.717, 1.165) is 24.3 Å². The Balaban J connectivity index is 1.56. The first-order valence-electron chi connectivity index (χ1n) is 8.43. The molecule has 23 heavy (non-hydrogen) atoms. The van der Waals surface area contributed by atoms with Gasteiger partial charge in [0.1, 0.15) is 0 Å². The molecule has 1 fully saturated rings. The zero-order chi connectivity index (χ0) is 15.4. The van der Waals surface area contributed by atoms with E-state index in [1.165, 1.54) is 29.7 Å². The number of aromatic nitrogens is 3. The van der Waals surface area contributed by atoms with Crippen LogP contribution >= 0.6 is 0 Å². The molecule has 0 saturated carbocycles. The molecule has 4 nitrogen and oxygen atoms in total. The molecule has 0 N–H and O–H groups in total. The number of nitrogens with zero attached hydrogens (tertiary/aromatic N) is 4. The van der Waals surface area contributed by atoms with Gasteiger partial charge in [-0.2, -0.15) is 5.10 Å². The van der Waals surface area contributed by atoms with Gasteiger partial charge in [0.2, 0.25) is 0 Å². The monoisotopic (exact) mass is 304 g/mol. The molecule has 2 aliphatic rings. The third kappa shape index (κ3) is 2.01. The lowest BCUT2D eigenvalue weighted by Crippen LogP contribution is -2.38. The highest BCUT2D eigenvalue weighted by atomic mass is 15.3. The Labute approximate surface area is 135 Å². The van der Waals surface area contributed by atoms with E-state index in [4.69, 9.17) is 0 Å². The maximum absolute atomic E-state index is 4.67. The molecule has 2 aromatic heterocycles. The molecule has 2 bridgehead atoms. The van der Waals surface area contributed by atoms with E-state index in [1.807, 2.05) is 6.92 Å². The van der Waals surface area contributed by atoms with Crippen LogP contribution in [0.4, 0.5) is 0 Å². The first kappa shape index (κ1) is 13.3. The summed E-state index contributed by atoms with van der Waals surface area (Å²) in [7, 11) is 0. The summed E-state index contributed by atoms with van der Waals surface area (Å²) in [5, 5.41) is 4.67. The van der Waals surface area contributed by atoms with E-state index >= 15 is 0 Å². The van der Waals surface area contributed by atoms with Gasteiger partial charge < -0.3 is 0 Å². The lowest BCUT2D eigenvalue weighted by Gasteiger charge is -2.36. The van der Waals surface area contributed by atoms with Gasteiger partial charge in [-0.1, -0.05) is 30.3 Å². The maximum Gasteiger partial charge on any atom is 0.155 e. The third-order valence-electron chi connectivity index (χ3n) is 5.38. The number of benzene rings is 1. The van der Waals surface area contributed by atoms with Crippen molar-refractivity contribution >= 4 is 5.65 Å². The van der Waals surface area contributed by atoms with Gasteiger partial charge >= 0.3 is 0 Å². The van der Waals surface area contributed by atoms with E-state index in [2.05, 4.69) is 62.1 Å². The van der Waals surface area contributed by atoms with Crippen LogP contribution in [0.3, 0.4) is 0 Å². The smallest absolute Gasteiger partial charge is 0.155 e. The molecule has 1 aromatic carbocycles. The van der Waals surface area contributed by atoms with Gasteiger partial charge in [-0.05, 0) is 25.3 Å². The van der Waals surface area contributed by atoms with E-state index in [0.29, 0.717) is 12.1 Å². The van der Waals surface area contributed by atoms with Crippen molar-refractivity contribution in [2.24, 2.45) is 0 Å². The molecular formula is C19H20N4. The second kappa shape index (κ2) is 4.90. The summed E-state index contributed by atoms with van der Waals surface area (Å²) >= 11 is 0. The van der Waals surface area contributed by atoms with Gasteiger partial charge in [0, 0.05) is 42.9 Å². The van der Waals surface area contributed by atoms with E-state index in [1.54, 1.807) is 0 Å². The van der Waals surface area contributed by atoms with Crippen LogP contribution in [-0.4, -0.2) is 25.5 Å². The fourth-order valence-corrected chi connectivity index (χ4v) is 4.34. The summed E-state index contributed by atoms with van der Waals surface area (Å²) in [6, 6.07) is 14.0. The van der Waals surface area contributed by atoms with Crippen LogP contribution in [0, 0.1) is 6.92 Å². The van der Waals surface area contributed by atoms with Crippen molar-refractivity contribution in [2.75, 3.05) is 0 Å². The minimum atomic E-state index is 0.491. The van der Waals surface area contributed by atoms with Crippen LogP contribution in [0.25, 0.3) is 5.65 Å². The molecule has 0 amide bonds. The van der Waals surface area contributed by atoms with E-state index < -0.39 is 0 Å². The van der Waals surface area contributed by atoms with Crippen molar-refractivity contribution in [1.29, 1.82) is 0 Å². The quantitative estimate of drug-likeness (QED) is 0.728. The predicted molar refractivity (Wildman–Crippen MR) is 89.2 cm³/mol. The lowest BCUT2D eigenvalue weighted by molar-refractivity contribution is 0.165. The molecule has 116 valence electrons. The number of aryl methyl sites for hydroxylation is 1. The second-order valence-corrected chi connectivity index (χ2v) is 6.82. The van der Waals surface area contributed by atoms with Crippen LogP contribution < -0.4 is 0 Å². The molecule has 1 saturated heterocycles. The summed E-state index contributed by atoms with van der Waals surface area (Å²) in [4.78, 5) is 7.32. The van der Waals surface area contributed by atoms with Crippen molar-refractivity contribution in [3.63, 3.8) is 0 Å². The Bertz CT molecular complexity index is 868. The minimum Gasteiger partial charge on any atom is -0.289 e. The molecule has 4 heteroatoms. The SMILES string of the molecule is Cc1cc2ncc3c(n2n1)C[C@H]1CC[C@@H]3N1Cc1ccccc1. The normalized spacial score (nSPS) is 23.3. The third-order valence-corrected chi connectivity index (χ3v) is 5.38. The van der Waals surface area contributed by atoms with Crippen molar-refractivity contribution < 1.29 is 0 Å². The summed E-state index contributed by atoms with van der Waals surface area (Å²) < 4.78 is 2.08. The molecule has 0 aliphatic carbocycles. The molecule has 2 aliphatic heterocycles. The van der Waals surface area contributed by atoms with Crippen LogP contribution in [0.1, 0.15) is 41.4 Å². The number of rotatable bonds is 2. The Morgan fingerprint density at radius 1 is 1.17 bits per heavy atom. The van der Waals surface area contributed by atoms with Crippen molar-refractivity contribution in [3.05, 3.63) is 65.1 Å². The van der Waals surface area contributed by atoms with Gasteiger partial charge in [0.25, 0.3) is 0 Å².